The third kappa shape index (κ3) is 4.89. The Morgan fingerprint density at radius 1 is 0.411 bits per heavy atom. The number of hydrogen-bond donors (Lipinski definition) is 0. The van der Waals surface area contributed by atoms with Gasteiger partial charge in [-0.15, -0.1) is 0 Å². The van der Waals surface area contributed by atoms with E-state index in [1.54, 1.807) is 0 Å². The Hall–Kier alpha value is -7.46. The molecule has 8 aromatic carbocycles. The Balaban J connectivity index is 1.37. The van der Waals surface area contributed by atoms with E-state index < -0.39 is 0 Å². The second-order valence-electron chi connectivity index (χ2n) is 15.1. The summed E-state index contributed by atoms with van der Waals surface area (Å²) in [5.41, 5.74) is 15.6. The Kier molecular flexibility index (Phi) is 7.60. The molecule has 0 unspecified atom stereocenters. The van der Waals surface area contributed by atoms with E-state index in [2.05, 4.69) is 146 Å². The van der Waals surface area contributed by atoms with E-state index in [0.717, 1.165) is 66.3 Å². The molecule has 0 atom stereocenters. The number of fused-ring (bicyclic) bond motifs is 6. The maximum absolute atomic E-state index is 11.5. The maximum atomic E-state index is 11.5. The van der Waals surface area contributed by atoms with Crippen molar-refractivity contribution in [2.24, 2.45) is 0 Å². The summed E-state index contributed by atoms with van der Waals surface area (Å²) >= 11 is 0. The lowest BCUT2D eigenvalue weighted by Crippen LogP contribution is -2.15. The van der Waals surface area contributed by atoms with Crippen LogP contribution in [0.2, 0.25) is 0 Å². The van der Waals surface area contributed by atoms with Crippen molar-refractivity contribution >= 4 is 21.8 Å². The predicted octanol–water partition coefficient (Wildman–Crippen LogP) is 13.5. The second kappa shape index (κ2) is 12.8. The van der Waals surface area contributed by atoms with E-state index in [1.807, 2.05) is 60.7 Å². The third-order valence-electron chi connectivity index (χ3n) is 11.7. The monoisotopic (exact) mass is 713 g/mol. The van der Waals surface area contributed by atoms with Crippen molar-refractivity contribution in [1.82, 2.24) is 4.57 Å². The van der Waals surface area contributed by atoms with Gasteiger partial charge in [0.15, 0.2) is 0 Å². The van der Waals surface area contributed by atoms with Crippen LogP contribution in [0.1, 0.15) is 36.1 Å². The van der Waals surface area contributed by atoms with Gasteiger partial charge in [0.1, 0.15) is 12.1 Å². The molecule has 0 aliphatic heterocycles. The lowest BCUT2D eigenvalue weighted by molar-refractivity contribution is 0.661. The molecule has 9 aromatic rings. The first-order valence-corrected chi connectivity index (χ1v) is 19.0. The fourth-order valence-corrected chi connectivity index (χ4v) is 9.12. The van der Waals surface area contributed by atoms with Crippen LogP contribution in [-0.4, -0.2) is 4.57 Å². The number of nitrogens with zero attached hydrogens (tertiary/aromatic N) is 3. The minimum Gasteiger partial charge on any atom is -0.307 e. The second-order valence-corrected chi connectivity index (χ2v) is 15.1. The van der Waals surface area contributed by atoms with Gasteiger partial charge in [-0.2, -0.15) is 10.5 Å². The number of rotatable bonds is 5. The molecule has 0 saturated heterocycles. The number of hydrogen-bond acceptors (Lipinski definition) is 2. The van der Waals surface area contributed by atoms with Crippen molar-refractivity contribution in [3.63, 3.8) is 0 Å². The van der Waals surface area contributed by atoms with Gasteiger partial charge < -0.3 is 4.57 Å². The zero-order valence-electron chi connectivity index (χ0n) is 31.1. The SMILES string of the molecule is CC1(C)c2ccccc2-c2cc3c4ccccc4n(-c4c(C#N)c(-c5ccccc5)c(-c5ccc(-c6ccccc6)cc5)c(-c5ccccc5)c4C#N)c3cc21. The predicted molar refractivity (Wildman–Crippen MR) is 230 cm³/mol. The van der Waals surface area contributed by atoms with E-state index in [-0.39, 0.29) is 5.41 Å². The minimum atomic E-state index is -0.238. The summed E-state index contributed by atoms with van der Waals surface area (Å²) in [6.45, 7) is 4.58. The number of nitriles is 2. The third-order valence-corrected chi connectivity index (χ3v) is 11.7. The van der Waals surface area contributed by atoms with Crippen molar-refractivity contribution in [3.05, 3.63) is 198 Å². The quantitative estimate of drug-likeness (QED) is 0.178. The van der Waals surface area contributed by atoms with Gasteiger partial charge in [0.2, 0.25) is 0 Å². The summed E-state index contributed by atoms with van der Waals surface area (Å²) < 4.78 is 2.20. The normalized spacial score (nSPS) is 12.6. The molecular weight excluding hydrogens is 679 g/mol. The molecule has 1 heterocycles. The number of benzene rings is 8. The average molecular weight is 714 g/mol. The van der Waals surface area contributed by atoms with Crippen LogP contribution < -0.4 is 0 Å². The van der Waals surface area contributed by atoms with Crippen LogP contribution in [0.4, 0.5) is 0 Å². The molecule has 0 radical (unpaired) electrons. The molecule has 3 heteroatoms. The lowest BCUT2D eigenvalue weighted by Gasteiger charge is -2.25. The Bertz CT molecular complexity index is 3010. The molecule has 1 aliphatic rings. The first-order chi connectivity index (χ1) is 27.5. The van der Waals surface area contributed by atoms with Gasteiger partial charge in [-0.25, -0.2) is 0 Å². The van der Waals surface area contributed by atoms with Crippen LogP contribution in [0.25, 0.3) is 83.1 Å². The molecule has 3 nitrogen and oxygen atoms in total. The van der Waals surface area contributed by atoms with Gasteiger partial charge in [0, 0.05) is 32.9 Å². The van der Waals surface area contributed by atoms with Gasteiger partial charge in [0.25, 0.3) is 0 Å². The topological polar surface area (TPSA) is 52.5 Å². The first kappa shape index (κ1) is 33.1. The molecular formula is C53H35N3. The van der Waals surface area contributed by atoms with Crippen LogP contribution >= 0.6 is 0 Å². The van der Waals surface area contributed by atoms with E-state index in [4.69, 9.17) is 0 Å². The highest BCUT2D eigenvalue weighted by molar-refractivity contribution is 6.13. The Morgan fingerprint density at radius 2 is 0.893 bits per heavy atom. The fourth-order valence-electron chi connectivity index (χ4n) is 9.12. The summed E-state index contributed by atoms with van der Waals surface area (Å²) in [7, 11) is 0. The average Bonchev–Trinajstić information content (AvgIpc) is 3.70. The molecule has 0 saturated carbocycles. The van der Waals surface area contributed by atoms with Gasteiger partial charge in [0.05, 0.1) is 27.8 Å². The van der Waals surface area contributed by atoms with Gasteiger partial charge in [-0.05, 0) is 68.3 Å². The maximum Gasteiger partial charge on any atom is 0.102 e. The zero-order valence-corrected chi connectivity index (χ0v) is 31.1. The molecule has 1 aliphatic carbocycles. The van der Waals surface area contributed by atoms with E-state index in [0.29, 0.717) is 16.8 Å². The van der Waals surface area contributed by atoms with Crippen LogP contribution in [0.15, 0.2) is 176 Å². The van der Waals surface area contributed by atoms with Crippen LogP contribution in [0, 0.1) is 22.7 Å². The van der Waals surface area contributed by atoms with Gasteiger partial charge >= 0.3 is 0 Å². The number of aromatic nitrogens is 1. The molecule has 0 spiro atoms. The zero-order chi connectivity index (χ0) is 38.0. The largest absolute Gasteiger partial charge is 0.307 e. The summed E-state index contributed by atoms with van der Waals surface area (Å²) in [4.78, 5) is 0. The van der Waals surface area contributed by atoms with Crippen molar-refractivity contribution in [1.29, 1.82) is 10.5 Å². The molecule has 0 bridgehead atoms. The molecule has 0 N–H and O–H groups in total. The van der Waals surface area contributed by atoms with E-state index >= 15 is 0 Å². The molecule has 0 fully saturated rings. The number of para-hydroxylation sites is 1. The molecule has 1 aromatic heterocycles. The molecule has 10 rings (SSSR count). The fraction of sp³-hybridized carbons (Fsp3) is 0.0566. The summed E-state index contributed by atoms with van der Waals surface area (Å²) in [5, 5.41) is 25.2. The summed E-state index contributed by atoms with van der Waals surface area (Å²) in [5.74, 6) is 0. The summed E-state index contributed by atoms with van der Waals surface area (Å²) in [6.07, 6.45) is 0. The molecule has 262 valence electrons. The highest BCUT2D eigenvalue weighted by Gasteiger charge is 2.37. The van der Waals surface area contributed by atoms with Crippen molar-refractivity contribution < 1.29 is 0 Å². The van der Waals surface area contributed by atoms with Gasteiger partial charge in [-0.1, -0.05) is 172 Å². The summed E-state index contributed by atoms with van der Waals surface area (Å²) in [6, 6.07) is 66.3. The first-order valence-electron chi connectivity index (χ1n) is 19.0. The van der Waals surface area contributed by atoms with Crippen molar-refractivity contribution in [3.8, 4) is 73.5 Å². The highest BCUT2D eigenvalue weighted by Crippen LogP contribution is 2.53. The smallest absolute Gasteiger partial charge is 0.102 e. The van der Waals surface area contributed by atoms with Gasteiger partial charge in [-0.3, -0.25) is 0 Å². The van der Waals surface area contributed by atoms with Crippen LogP contribution in [0.3, 0.4) is 0 Å². The molecule has 56 heavy (non-hydrogen) atoms. The standard InChI is InChI=1S/C53H35N3/c1-53(2)45-24-14-12-22-39(45)41-30-42-40-23-13-15-25-47(40)56(48(42)31-46(41)53)52-43(32-54)49(36-18-8-4-9-19-36)51(50(44(52)33-55)37-20-10-5-11-21-37)38-28-26-35(27-29-38)34-16-6-3-7-17-34/h3-31H,1-2H3. The van der Waals surface area contributed by atoms with Crippen LogP contribution in [0.5, 0.6) is 0 Å². The van der Waals surface area contributed by atoms with Crippen molar-refractivity contribution in [2.45, 2.75) is 19.3 Å². The molecule has 0 amide bonds. The minimum absolute atomic E-state index is 0.238. The van der Waals surface area contributed by atoms with E-state index in [9.17, 15) is 10.5 Å². The van der Waals surface area contributed by atoms with Crippen molar-refractivity contribution in [2.75, 3.05) is 0 Å². The van der Waals surface area contributed by atoms with Crippen LogP contribution in [-0.2, 0) is 5.41 Å². The Morgan fingerprint density at radius 3 is 1.50 bits per heavy atom. The lowest BCUT2D eigenvalue weighted by atomic mass is 9.80. The Labute approximate surface area is 326 Å². The van der Waals surface area contributed by atoms with E-state index in [1.165, 1.54) is 22.3 Å². The highest BCUT2D eigenvalue weighted by atomic mass is 15.0.